The van der Waals surface area contributed by atoms with Gasteiger partial charge in [-0.05, 0) is 31.2 Å². The molecule has 0 spiro atoms. The lowest BCUT2D eigenvalue weighted by atomic mass is 10.00. The minimum Gasteiger partial charge on any atom is -0.485 e. The maximum Gasteiger partial charge on any atom is 0.573 e. The lowest BCUT2D eigenvalue weighted by molar-refractivity contribution is -0.274. The van der Waals surface area contributed by atoms with Crippen molar-refractivity contribution in [3.8, 4) is 11.5 Å². The number of benzene rings is 1. The van der Waals surface area contributed by atoms with E-state index in [1.807, 2.05) is 6.92 Å². The number of rotatable bonds is 3. The molecule has 94 valence electrons. The van der Waals surface area contributed by atoms with Crippen LogP contribution in [0.25, 0.3) is 0 Å². The highest BCUT2D eigenvalue weighted by molar-refractivity contribution is 5.32. The summed E-state index contributed by atoms with van der Waals surface area (Å²) in [6.45, 7) is 3.39. The zero-order chi connectivity index (χ0) is 12.5. The van der Waals surface area contributed by atoms with Gasteiger partial charge in [0.2, 0.25) is 0 Å². The SMILES string of the molecule is CC1(Oc2ccc(OC(F)(F)F)cc2)CNC1. The van der Waals surface area contributed by atoms with Gasteiger partial charge in [-0.3, -0.25) is 0 Å². The summed E-state index contributed by atoms with van der Waals surface area (Å²) in [7, 11) is 0. The smallest absolute Gasteiger partial charge is 0.485 e. The van der Waals surface area contributed by atoms with Crippen LogP contribution in [0.3, 0.4) is 0 Å². The van der Waals surface area contributed by atoms with E-state index in [0.717, 1.165) is 13.1 Å². The predicted molar refractivity (Wildman–Crippen MR) is 55.0 cm³/mol. The molecule has 1 aliphatic heterocycles. The first-order valence-corrected chi connectivity index (χ1v) is 5.12. The molecule has 1 heterocycles. The summed E-state index contributed by atoms with van der Waals surface area (Å²) >= 11 is 0. The lowest BCUT2D eigenvalue weighted by Crippen LogP contribution is -2.60. The largest absolute Gasteiger partial charge is 0.573 e. The molecule has 0 unspecified atom stereocenters. The van der Waals surface area contributed by atoms with Crippen molar-refractivity contribution in [2.45, 2.75) is 18.9 Å². The Hall–Kier alpha value is -1.43. The monoisotopic (exact) mass is 247 g/mol. The number of halogens is 3. The summed E-state index contributed by atoms with van der Waals surface area (Å²) in [6, 6.07) is 5.39. The fraction of sp³-hybridized carbons (Fsp3) is 0.455. The molecule has 2 rings (SSSR count). The molecule has 0 saturated carbocycles. The summed E-state index contributed by atoms with van der Waals surface area (Å²) < 4.78 is 45.1. The van der Waals surface area contributed by atoms with Gasteiger partial charge < -0.3 is 14.8 Å². The highest BCUT2D eigenvalue weighted by Gasteiger charge is 2.34. The second kappa shape index (κ2) is 4.10. The van der Waals surface area contributed by atoms with Crippen LogP contribution in [0.2, 0.25) is 0 Å². The van der Waals surface area contributed by atoms with Crippen molar-refractivity contribution in [1.29, 1.82) is 0 Å². The Kier molecular flexibility index (Phi) is 2.91. The summed E-state index contributed by atoms with van der Waals surface area (Å²) in [4.78, 5) is 0. The van der Waals surface area contributed by atoms with E-state index in [9.17, 15) is 13.2 Å². The van der Waals surface area contributed by atoms with Crippen molar-refractivity contribution < 1.29 is 22.6 Å². The van der Waals surface area contributed by atoms with Gasteiger partial charge >= 0.3 is 6.36 Å². The zero-order valence-electron chi connectivity index (χ0n) is 9.17. The third-order valence-corrected chi connectivity index (χ3v) is 2.42. The Morgan fingerprint density at radius 2 is 1.65 bits per heavy atom. The third-order valence-electron chi connectivity index (χ3n) is 2.42. The molecule has 17 heavy (non-hydrogen) atoms. The van der Waals surface area contributed by atoms with E-state index >= 15 is 0 Å². The molecule has 0 bridgehead atoms. The van der Waals surface area contributed by atoms with Gasteiger partial charge in [0.25, 0.3) is 0 Å². The van der Waals surface area contributed by atoms with Gasteiger partial charge in [0, 0.05) is 13.1 Å². The van der Waals surface area contributed by atoms with E-state index < -0.39 is 6.36 Å². The van der Waals surface area contributed by atoms with Gasteiger partial charge in [-0.25, -0.2) is 0 Å². The molecule has 6 heteroatoms. The number of ether oxygens (including phenoxy) is 2. The molecule has 0 radical (unpaired) electrons. The molecule has 0 amide bonds. The third kappa shape index (κ3) is 3.26. The number of alkyl halides is 3. The highest BCUT2D eigenvalue weighted by Crippen LogP contribution is 2.27. The Balaban J connectivity index is 1.98. The van der Waals surface area contributed by atoms with Gasteiger partial charge in [-0.15, -0.1) is 13.2 Å². The van der Waals surface area contributed by atoms with E-state index in [0.29, 0.717) is 5.75 Å². The van der Waals surface area contributed by atoms with Crippen LogP contribution in [0.15, 0.2) is 24.3 Å². The Morgan fingerprint density at radius 1 is 1.12 bits per heavy atom. The van der Waals surface area contributed by atoms with E-state index in [1.165, 1.54) is 24.3 Å². The quantitative estimate of drug-likeness (QED) is 0.889. The maximum atomic E-state index is 11.9. The molecule has 1 saturated heterocycles. The summed E-state index contributed by atoms with van der Waals surface area (Å²) in [5.41, 5.74) is -0.271. The molecular formula is C11H12F3NO2. The molecule has 1 fully saturated rings. The van der Waals surface area contributed by atoms with Gasteiger partial charge in [-0.2, -0.15) is 0 Å². The standard InChI is InChI=1S/C11H12F3NO2/c1-10(6-15-7-10)16-8-2-4-9(5-3-8)17-11(12,13)14/h2-5,15H,6-7H2,1H3. The molecular weight excluding hydrogens is 235 g/mol. The fourth-order valence-electron chi connectivity index (χ4n) is 1.54. The van der Waals surface area contributed by atoms with E-state index in [4.69, 9.17) is 4.74 Å². The van der Waals surface area contributed by atoms with Crippen LogP contribution in [0.5, 0.6) is 11.5 Å². The lowest BCUT2D eigenvalue weighted by Gasteiger charge is -2.39. The van der Waals surface area contributed by atoms with Crippen LogP contribution < -0.4 is 14.8 Å². The van der Waals surface area contributed by atoms with Gasteiger partial charge in [0.05, 0.1) is 0 Å². The topological polar surface area (TPSA) is 30.5 Å². The summed E-state index contributed by atoms with van der Waals surface area (Å²) in [6.07, 6.45) is -4.66. The fourth-order valence-corrected chi connectivity index (χ4v) is 1.54. The Morgan fingerprint density at radius 3 is 2.06 bits per heavy atom. The van der Waals surface area contributed by atoms with Crippen molar-refractivity contribution in [2.75, 3.05) is 13.1 Å². The highest BCUT2D eigenvalue weighted by atomic mass is 19.4. The van der Waals surface area contributed by atoms with Gasteiger partial charge in [-0.1, -0.05) is 0 Å². The Labute approximate surface area is 96.5 Å². The molecule has 0 aromatic heterocycles. The zero-order valence-corrected chi connectivity index (χ0v) is 9.17. The van der Waals surface area contributed by atoms with Gasteiger partial charge in [0.1, 0.15) is 17.1 Å². The maximum absolute atomic E-state index is 11.9. The van der Waals surface area contributed by atoms with Crippen LogP contribution in [0, 0.1) is 0 Å². The summed E-state index contributed by atoms with van der Waals surface area (Å²) in [5.74, 6) is 0.283. The predicted octanol–water partition coefficient (Wildman–Crippen LogP) is 2.33. The minimum absolute atomic E-state index is 0.248. The number of nitrogens with one attached hydrogen (secondary N) is 1. The van der Waals surface area contributed by atoms with Crippen molar-refractivity contribution in [3.63, 3.8) is 0 Å². The molecule has 1 aliphatic rings. The van der Waals surface area contributed by atoms with Crippen molar-refractivity contribution in [3.05, 3.63) is 24.3 Å². The number of hydrogen-bond donors (Lipinski definition) is 1. The van der Waals surface area contributed by atoms with E-state index in [2.05, 4.69) is 10.1 Å². The molecule has 1 aromatic rings. The normalized spacial score (nSPS) is 18.4. The van der Waals surface area contributed by atoms with Crippen LogP contribution in [-0.2, 0) is 0 Å². The number of hydrogen-bond acceptors (Lipinski definition) is 3. The van der Waals surface area contributed by atoms with Crippen molar-refractivity contribution >= 4 is 0 Å². The Bertz CT molecular complexity index is 385. The minimum atomic E-state index is -4.66. The molecule has 3 nitrogen and oxygen atoms in total. The van der Waals surface area contributed by atoms with Crippen LogP contribution >= 0.6 is 0 Å². The average molecular weight is 247 g/mol. The second-order valence-corrected chi connectivity index (χ2v) is 4.17. The molecule has 0 atom stereocenters. The first kappa shape index (κ1) is 12.0. The van der Waals surface area contributed by atoms with Crippen molar-refractivity contribution in [2.24, 2.45) is 0 Å². The van der Waals surface area contributed by atoms with E-state index in [1.54, 1.807) is 0 Å². The van der Waals surface area contributed by atoms with Crippen LogP contribution in [0.4, 0.5) is 13.2 Å². The van der Waals surface area contributed by atoms with Gasteiger partial charge in [0.15, 0.2) is 0 Å². The molecule has 1 aromatic carbocycles. The molecule has 1 N–H and O–H groups in total. The van der Waals surface area contributed by atoms with Crippen molar-refractivity contribution in [1.82, 2.24) is 5.32 Å². The first-order chi connectivity index (χ1) is 7.86. The summed E-state index contributed by atoms with van der Waals surface area (Å²) in [5, 5.41) is 3.07. The van der Waals surface area contributed by atoms with Crippen LogP contribution in [0.1, 0.15) is 6.92 Å². The average Bonchev–Trinajstić information content (AvgIpc) is 2.16. The van der Waals surface area contributed by atoms with E-state index in [-0.39, 0.29) is 11.4 Å². The van der Waals surface area contributed by atoms with Crippen LogP contribution in [-0.4, -0.2) is 25.1 Å². The molecule has 0 aliphatic carbocycles. The first-order valence-electron chi connectivity index (χ1n) is 5.12. The second-order valence-electron chi connectivity index (χ2n) is 4.17.